The second-order valence-electron chi connectivity index (χ2n) is 6.32. The van der Waals surface area contributed by atoms with E-state index in [0.29, 0.717) is 6.79 Å². The van der Waals surface area contributed by atoms with Gasteiger partial charge in [-0.05, 0) is 43.2 Å². The maximum Gasteiger partial charge on any atom is 0.328 e. The molecule has 0 amide bonds. The van der Waals surface area contributed by atoms with Gasteiger partial charge in [0.15, 0.2) is 11.5 Å². The van der Waals surface area contributed by atoms with Gasteiger partial charge in [0.2, 0.25) is 6.79 Å². The average Bonchev–Trinajstić information content (AvgIpc) is 2.80. The molecule has 0 N–H and O–H groups in total. The highest BCUT2D eigenvalue weighted by atomic mass is 16.7. The zero-order valence-corrected chi connectivity index (χ0v) is 11.4. The molecule has 2 aliphatic heterocycles. The van der Waals surface area contributed by atoms with E-state index in [1.54, 1.807) is 0 Å². The van der Waals surface area contributed by atoms with E-state index in [9.17, 15) is 0 Å². The SMILES string of the molecule is CC1(C)CB(c2ccc3c(c2)OCO3)OC1(C)C. The van der Waals surface area contributed by atoms with Gasteiger partial charge in [-0.1, -0.05) is 19.9 Å². The Balaban J connectivity index is 1.89. The van der Waals surface area contributed by atoms with E-state index in [1.807, 2.05) is 12.1 Å². The summed E-state index contributed by atoms with van der Waals surface area (Å²) in [4.78, 5) is 0. The van der Waals surface area contributed by atoms with Crippen molar-refractivity contribution in [3.63, 3.8) is 0 Å². The third kappa shape index (κ3) is 1.71. The third-order valence-corrected chi connectivity index (χ3v) is 4.53. The summed E-state index contributed by atoms with van der Waals surface area (Å²) in [6, 6.07) is 6.10. The number of fused-ring (bicyclic) bond motifs is 1. The molecule has 0 aliphatic carbocycles. The maximum atomic E-state index is 6.21. The van der Waals surface area contributed by atoms with Crippen LogP contribution in [0.3, 0.4) is 0 Å². The number of hydrogen-bond donors (Lipinski definition) is 0. The van der Waals surface area contributed by atoms with E-state index in [0.717, 1.165) is 17.8 Å². The van der Waals surface area contributed by atoms with Crippen LogP contribution in [0.5, 0.6) is 11.5 Å². The molecule has 0 spiro atoms. The highest BCUT2D eigenvalue weighted by Gasteiger charge is 2.49. The highest BCUT2D eigenvalue weighted by molar-refractivity contribution is 6.68. The number of rotatable bonds is 1. The number of ether oxygens (including phenoxy) is 2. The molecule has 18 heavy (non-hydrogen) atoms. The summed E-state index contributed by atoms with van der Waals surface area (Å²) >= 11 is 0. The van der Waals surface area contributed by atoms with Crippen molar-refractivity contribution >= 4 is 12.4 Å². The van der Waals surface area contributed by atoms with Crippen LogP contribution in [0.4, 0.5) is 0 Å². The van der Waals surface area contributed by atoms with Crippen molar-refractivity contribution in [2.75, 3.05) is 6.79 Å². The minimum Gasteiger partial charge on any atom is -0.454 e. The van der Waals surface area contributed by atoms with Crippen LogP contribution in [-0.4, -0.2) is 19.3 Å². The predicted octanol–water partition coefficient (Wildman–Crippen LogP) is 2.45. The second-order valence-corrected chi connectivity index (χ2v) is 6.32. The fourth-order valence-corrected chi connectivity index (χ4v) is 2.57. The summed E-state index contributed by atoms with van der Waals surface area (Å²) in [7, 11) is 0. The first kappa shape index (κ1) is 11.9. The van der Waals surface area contributed by atoms with Gasteiger partial charge in [0, 0.05) is 0 Å². The van der Waals surface area contributed by atoms with Crippen molar-refractivity contribution in [1.82, 2.24) is 0 Å². The van der Waals surface area contributed by atoms with Gasteiger partial charge in [0.1, 0.15) is 0 Å². The van der Waals surface area contributed by atoms with Crippen LogP contribution in [0.25, 0.3) is 0 Å². The molecule has 3 rings (SSSR count). The molecule has 0 unspecified atom stereocenters. The van der Waals surface area contributed by atoms with Gasteiger partial charge in [-0.2, -0.15) is 0 Å². The summed E-state index contributed by atoms with van der Waals surface area (Å²) in [5, 5.41) is 0. The van der Waals surface area contributed by atoms with Gasteiger partial charge in [-0.15, -0.1) is 0 Å². The fraction of sp³-hybridized carbons (Fsp3) is 0.571. The third-order valence-electron chi connectivity index (χ3n) is 4.53. The van der Waals surface area contributed by atoms with Crippen LogP contribution in [0.15, 0.2) is 18.2 Å². The standard InChI is InChI=1S/C14H19BO3/c1-13(2)8-15(18-14(13,3)4)10-5-6-11-12(7-10)17-9-16-11/h5-7H,8-9H2,1-4H3. The van der Waals surface area contributed by atoms with Crippen molar-refractivity contribution < 1.29 is 14.1 Å². The lowest BCUT2D eigenvalue weighted by molar-refractivity contribution is 0.0375. The van der Waals surface area contributed by atoms with Crippen molar-refractivity contribution in [2.24, 2.45) is 5.41 Å². The maximum absolute atomic E-state index is 6.21. The highest BCUT2D eigenvalue weighted by Crippen LogP contribution is 2.45. The predicted molar refractivity (Wildman–Crippen MR) is 71.7 cm³/mol. The molecule has 0 saturated carbocycles. The normalized spacial score (nSPS) is 23.4. The smallest absolute Gasteiger partial charge is 0.328 e. The van der Waals surface area contributed by atoms with Crippen molar-refractivity contribution in [3.05, 3.63) is 18.2 Å². The Bertz CT molecular complexity index is 466. The van der Waals surface area contributed by atoms with Crippen LogP contribution in [0, 0.1) is 5.41 Å². The fourth-order valence-electron chi connectivity index (χ4n) is 2.57. The molecular weight excluding hydrogens is 227 g/mol. The molecule has 4 heteroatoms. The van der Waals surface area contributed by atoms with Crippen LogP contribution in [0.2, 0.25) is 6.32 Å². The van der Waals surface area contributed by atoms with Crippen molar-refractivity contribution in [3.8, 4) is 11.5 Å². The zero-order valence-electron chi connectivity index (χ0n) is 11.4. The Morgan fingerprint density at radius 3 is 2.44 bits per heavy atom. The minimum absolute atomic E-state index is 0.103. The first-order valence-corrected chi connectivity index (χ1v) is 6.46. The summed E-state index contributed by atoms with van der Waals surface area (Å²) < 4.78 is 17.0. The summed E-state index contributed by atoms with van der Waals surface area (Å²) in [6.45, 7) is 9.32. The lowest BCUT2D eigenvalue weighted by atomic mass is 9.54. The van der Waals surface area contributed by atoms with E-state index >= 15 is 0 Å². The number of benzene rings is 1. The zero-order chi connectivity index (χ0) is 13.0. The molecule has 96 valence electrons. The van der Waals surface area contributed by atoms with Gasteiger partial charge in [0.25, 0.3) is 0 Å². The van der Waals surface area contributed by atoms with Gasteiger partial charge in [0.05, 0.1) is 5.60 Å². The van der Waals surface area contributed by atoms with Crippen LogP contribution < -0.4 is 14.9 Å². The van der Waals surface area contributed by atoms with Crippen molar-refractivity contribution in [1.29, 1.82) is 0 Å². The molecule has 1 aromatic rings. The summed E-state index contributed by atoms with van der Waals surface area (Å²) in [5.41, 5.74) is 1.25. The van der Waals surface area contributed by atoms with E-state index in [4.69, 9.17) is 14.1 Å². The lowest BCUT2D eigenvalue weighted by Gasteiger charge is -2.34. The van der Waals surface area contributed by atoms with E-state index in [2.05, 4.69) is 33.8 Å². The molecule has 0 aromatic heterocycles. The monoisotopic (exact) mass is 246 g/mol. The molecule has 1 fully saturated rings. The van der Waals surface area contributed by atoms with Gasteiger partial charge in [-0.3, -0.25) is 0 Å². The molecule has 0 radical (unpaired) electrons. The van der Waals surface area contributed by atoms with Crippen molar-refractivity contribution in [2.45, 2.75) is 39.6 Å². The van der Waals surface area contributed by atoms with Gasteiger partial charge < -0.3 is 14.1 Å². The lowest BCUT2D eigenvalue weighted by Crippen LogP contribution is -2.36. The Hall–Kier alpha value is -1.16. The molecule has 3 nitrogen and oxygen atoms in total. The number of hydrogen-bond acceptors (Lipinski definition) is 3. The molecule has 0 atom stereocenters. The summed E-state index contributed by atoms with van der Waals surface area (Å²) in [6.07, 6.45) is 1.03. The first-order chi connectivity index (χ1) is 8.39. The molecule has 2 aliphatic rings. The second kappa shape index (κ2) is 3.67. The molecule has 1 aromatic carbocycles. The summed E-state index contributed by atoms with van der Waals surface area (Å²) in [5.74, 6) is 1.66. The van der Waals surface area contributed by atoms with Crippen LogP contribution >= 0.6 is 0 Å². The van der Waals surface area contributed by atoms with Crippen LogP contribution in [0.1, 0.15) is 27.7 Å². The van der Waals surface area contributed by atoms with E-state index in [-0.39, 0.29) is 17.9 Å². The Morgan fingerprint density at radius 1 is 1.06 bits per heavy atom. The Morgan fingerprint density at radius 2 is 1.78 bits per heavy atom. The first-order valence-electron chi connectivity index (χ1n) is 6.46. The molecule has 0 bridgehead atoms. The van der Waals surface area contributed by atoms with Crippen LogP contribution in [-0.2, 0) is 4.65 Å². The molecule has 1 saturated heterocycles. The topological polar surface area (TPSA) is 27.7 Å². The quantitative estimate of drug-likeness (QED) is 0.712. The van der Waals surface area contributed by atoms with E-state index < -0.39 is 0 Å². The minimum atomic E-state index is -0.103. The largest absolute Gasteiger partial charge is 0.454 e. The molecular formula is C14H19BO3. The Kier molecular flexibility index (Phi) is 2.43. The average molecular weight is 246 g/mol. The van der Waals surface area contributed by atoms with Gasteiger partial charge >= 0.3 is 6.92 Å². The molecule has 2 heterocycles. The van der Waals surface area contributed by atoms with E-state index in [1.165, 1.54) is 5.46 Å². The van der Waals surface area contributed by atoms with Gasteiger partial charge in [-0.25, -0.2) is 0 Å². The Labute approximate surface area is 109 Å².